The van der Waals surface area contributed by atoms with Crippen molar-refractivity contribution in [3.63, 3.8) is 0 Å². The highest BCUT2D eigenvalue weighted by atomic mass is 16.6. The molecule has 0 aromatic carbocycles. The molecule has 100 valence electrons. The average Bonchev–Trinajstić information content (AvgIpc) is 2.65. The number of aliphatic hydroxyl groups excluding tert-OH is 2. The summed E-state index contributed by atoms with van der Waals surface area (Å²) in [7, 11) is 1.39. The zero-order valence-corrected chi connectivity index (χ0v) is 9.76. The van der Waals surface area contributed by atoms with Gasteiger partial charge in [-0.3, -0.25) is 9.36 Å². The molecule has 1 fully saturated rings. The normalized spacial score (nSPS) is 31.7. The number of ether oxygens (including phenoxy) is 2. The van der Waals surface area contributed by atoms with Gasteiger partial charge in [0.25, 0.3) is 5.56 Å². The number of hydrogen-bond donors (Lipinski definition) is 3. The summed E-state index contributed by atoms with van der Waals surface area (Å²) in [5.74, 6) is 0.0995. The van der Waals surface area contributed by atoms with E-state index in [0.717, 1.165) is 6.07 Å². The van der Waals surface area contributed by atoms with Crippen LogP contribution < -0.4 is 11.3 Å². The number of aromatic nitrogens is 2. The first-order chi connectivity index (χ1) is 8.58. The van der Waals surface area contributed by atoms with E-state index >= 15 is 0 Å². The number of nitrogens with two attached hydrogens (primary N) is 1. The van der Waals surface area contributed by atoms with Crippen molar-refractivity contribution in [3.05, 3.63) is 22.7 Å². The zero-order chi connectivity index (χ0) is 13.3. The summed E-state index contributed by atoms with van der Waals surface area (Å²) in [6.45, 7) is -0.366. The first kappa shape index (κ1) is 13.0. The monoisotopic (exact) mass is 257 g/mol. The molecular weight excluding hydrogens is 242 g/mol. The Morgan fingerprint density at radius 2 is 2.39 bits per heavy atom. The van der Waals surface area contributed by atoms with Gasteiger partial charge in [0, 0.05) is 13.2 Å². The van der Waals surface area contributed by atoms with Gasteiger partial charge >= 0.3 is 0 Å². The van der Waals surface area contributed by atoms with Crippen LogP contribution in [-0.4, -0.2) is 51.8 Å². The molecule has 1 saturated heterocycles. The molecule has 8 nitrogen and oxygen atoms in total. The van der Waals surface area contributed by atoms with Crippen LogP contribution in [0.3, 0.4) is 0 Å². The Bertz CT molecular complexity index is 477. The van der Waals surface area contributed by atoms with Gasteiger partial charge in [0.15, 0.2) is 6.23 Å². The van der Waals surface area contributed by atoms with E-state index in [-0.39, 0.29) is 12.4 Å². The minimum Gasteiger partial charge on any atom is -0.394 e. The lowest BCUT2D eigenvalue weighted by Crippen LogP contribution is -2.36. The van der Waals surface area contributed by atoms with Gasteiger partial charge < -0.3 is 25.4 Å². The van der Waals surface area contributed by atoms with Crippen molar-refractivity contribution in [1.82, 2.24) is 9.55 Å². The molecule has 1 aliphatic rings. The van der Waals surface area contributed by atoms with Gasteiger partial charge in [-0.1, -0.05) is 0 Å². The van der Waals surface area contributed by atoms with Crippen molar-refractivity contribution in [2.45, 2.75) is 24.5 Å². The molecule has 0 bridgehead atoms. The Kier molecular flexibility index (Phi) is 3.62. The fraction of sp³-hybridized carbons (Fsp3) is 0.600. The van der Waals surface area contributed by atoms with Crippen LogP contribution in [0.2, 0.25) is 0 Å². The molecule has 0 unspecified atom stereocenters. The second-order valence-electron chi connectivity index (χ2n) is 4.00. The molecule has 0 radical (unpaired) electrons. The summed E-state index contributed by atoms with van der Waals surface area (Å²) >= 11 is 0. The van der Waals surface area contributed by atoms with Crippen LogP contribution in [0.1, 0.15) is 6.23 Å². The first-order valence-corrected chi connectivity index (χ1v) is 5.39. The van der Waals surface area contributed by atoms with Gasteiger partial charge in [-0.15, -0.1) is 0 Å². The minimum atomic E-state index is -1.02. The van der Waals surface area contributed by atoms with Crippen LogP contribution in [0.15, 0.2) is 17.2 Å². The topological polar surface area (TPSA) is 120 Å². The van der Waals surface area contributed by atoms with Crippen LogP contribution in [0.5, 0.6) is 0 Å². The summed E-state index contributed by atoms with van der Waals surface area (Å²) in [5.41, 5.74) is 4.97. The van der Waals surface area contributed by atoms with E-state index in [1.54, 1.807) is 0 Å². The van der Waals surface area contributed by atoms with Gasteiger partial charge in [-0.2, -0.15) is 0 Å². The van der Waals surface area contributed by atoms with Crippen LogP contribution in [0.25, 0.3) is 0 Å². The SMILES string of the molecule is CO[C@@H]1[C@H](O)[C@@H](CO)O[C@H]1n1cnc(N)cc1=O. The van der Waals surface area contributed by atoms with Crippen LogP contribution >= 0.6 is 0 Å². The highest BCUT2D eigenvalue weighted by Crippen LogP contribution is 2.30. The average molecular weight is 257 g/mol. The molecule has 2 heterocycles. The lowest BCUT2D eigenvalue weighted by Gasteiger charge is -2.20. The quantitative estimate of drug-likeness (QED) is 0.578. The molecule has 0 spiro atoms. The van der Waals surface area contributed by atoms with E-state index in [2.05, 4.69) is 4.98 Å². The zero-order valence-electron chi connectivity index (χ0n) is 9.76. The van der Waals surface area contributed by atoms with E-state index in [0.29, 0.717) is 0 Å². The molecule has 18 heavy (non-hydrogen) atoms. The lowest BCUT2D eigenvalue weighted by atomic mass is 10.1. The number of rotatable bonds is 3. The van der Waals surface area contributed by atoms with Gasteiger partial charge in [0.05, 0.1) is 6.61 Å². The van der Waals surface area contributed by atoms with Crippen molar-refractivity contribution < 1.29 is 19.7 Å². The van der Waals surface area contributed by atoms with Crippen LogP contribution in [-0.2, 0) is 9.47 Å². The fourth-order valence-electron chi connectivity index (χ4n) is 1.96. The standard InChI is InChI=1S/C10H15N3O5/c1-17-9-8(16)5(3-14)18-10(9)13-4-12-6(11)2-7(13)15/h2,4-5,8-10,14,16H,3,11H2,1H3/t5-,8-,9-,10-/m1/s1. The van der Waals surface area contributed by atoms with Crippen molar-refractivity contribution in [3.8, 4) is 0 Å². The number of hydrogen-bond acceptors (Lipinski definition) is 7. The second kappa shape index (κ2) is 5.02. The van der Waals surface area contributed by atoms with Gasteiger partial charge in [0.1, 0.15) is 30.5 Å². The highest BCUT2D eigenvalue weighted by molar-refractivity contribution is 5.23. The maximum Gasteiger partial charge on any atom is 0.257 e. The third-order valence-corrected chi connectivity index (χ3v) is 2.90. The number of anilines is 1. The number of methoxy groups -OCH3 is 1. The van der Waals surface area contributed by atoms with Crippen LogP contribution in [0, 0.1) is 0 Å². The molecule has 1 aliphatic heterocycles. The van der Waals surface area contributed by atoms with Gasteiger partial charge in [0.2, 0.25) is 0 Å². The van der Waals surface area contributed by atoms with E-state index in [4.69, 9.17) is 20.3 Å². The van der Waals surface area contributed by atoms with Crippen molar-refractivity contribution >= 4 is 5.82 Å². The summed E-state index contributed by atoms with van der Waals surface area (Å²) in [5, 5.41) is 18.9. The van der Waals surface area contributed by atoms with Gasteiger partial charge in [-0.25, -0.2) is 4.98 Å². The molecule has 4 atom stereocenters. The second-order valence-corrected chi connectivity index (χ2v) is 4.00. The van der Waals surface area contributed by atoms with E-state index < -0.39 is 30.1 Å². The molecule has 4 N–H and O–H groups in total. The Labute approximate surface area is 103 Å². The third kappa shape index (κ3) is 2.10. The van der Waals surface area contributed by atoms with Gasteiger partial charge in [-0.05, 0) is 0 Å². The summed E-state index contributed by atoms with van der Waals surface area (Å²) < 4.78 is 11.7. The predicted octanol–water partition coefficient (Wildman–Crippen LogP) is -1.91. The summed E-state index contributed by atoms with van der Waals surface area (Å²) in [6, 6.07) is 1.15. The van der Waals surface area contributed by atoms with E-state index in [1.807, 2.05) is 0 Å². The predicted molar refractivity (Wildman–Crippen MR) is 60.7 cm³/mol. The Balaban J connectivity index is 2.35. The number of nitrogen functional groups attached to an aromatic ring is 1. The maximum absolute atomic E-state index is 11.8. The van der Waals surface area contributed by atoms with Crippen molar-refractivity contribution in [1.29, 1.82) is 0 Å². The minimum absolute atomic E-state index is 0.0995. The molecule has 0 aliphatic carbocycles. The number of nitrogens with zero attached hydrogens (tertiary/aromatic N) is 2. The highest BCUT2D eigenvalue weighted by Gasteiger charge is 2.45. The summed E-state index contributed by atoms with van der Waals surface area (Å²) in [4.78, 5) is 15.5. The maximum atomic E-state index is 11.8. The lowest BCUT2D eigenvalue weighted by molar-refractivity contribution is -0.0623. The molecular formula is C10H15N3O5. The fourth-order valence-corrected chi connectivity index (χ4v) is 1.96. The molecule has 1 aromatic rings. The van der Waals surface area contributed by atoms with Crippen molar-refractivity contribution in [2.75, 3.05) is 19.5 Å². The first-order valence-electron chi connectivity index (χ1n) is 5.39. The molecule has 1 aromatic heterocycles. The molecule has 0 amide bonds. The smallest absolute Gasteiger partial charge is 0.257 e. The summed E-state index contributed by atoms with van der Waals surface area (Å²) in [6.07, 6.45) is -2.20. The Morgan fingerprint density at radius 3 is 2.94 bits per heavy atom. The third-order valence-electron chi connectivity index (χ3n) is 2.90. The molecule has 2 rings (SSSR count). The van der Waals surface area contributed by atoms with E-state index in [1.165, 1.54) is 18.0 Å². The van der Waals surface area contributed by atoms with Crippen molar-refractivity contribution in [2.24, 2.45) is 0 Å². The largest absolute Gasteiger partial charge is 0.394 e. The Hall–Kier alpha value is -1.48. The van der Waals surface area contributed by atoms with E-state index in [9.17, 15) is 9.90 Å². The Morgan fingerprint density at radius 1 is 1.67 bits per heavy atom. The molecule has 8 heteroatoms. The molecule has 0 saturated carbocycles. The number of aliphatic hydroxyl groups is 2. The van der Waals surface area contributed by atoms with Crippen LogP contribution in [0.4, 0.5) is 5.82 Å².